The molecule has 0 N–H and O–H groups in total. The van der Waals surface area contributed by atoms with Gasteiger partial charge in [-0.05, 0) is 30.5 Å². The Hall–Kier alpha value is -2.66. The first kappa shape index (κ1) is 18.7. The number of hydrogen-bond acceptors (Lipinski definition) is 5. The van der Waals surface area contributed by atoms with Crippen LogP contribution >= 0.6 is 0 Å². The zero-order chi connectivity index (χ0) is 19.5. The highest BCUT2D eigenvalue weighted by Gasteiger charge is 2.52. The molecule has 5 nitrogen and oxygen atoms in total. The number of esters is 2. The van der Waals surface area contributed by atoms with Crippen LogP contribution in [0.1, 0.15) is 35.2 Å². The van der Waals surface area contributed by atoms with Crippen molar-refractivity contribution < 1.29 is 19.1 Å². The molecule has 4 rings (SSSR count). The number of methoxy groups -OCH3 is 1. The van der Waals surface area contributed by atoms with E-state index in [1.165, 1.54) is 12.7 Å². The van der Waals surface area contributed by atoms with Crippen molar-refractivity contribution >= 4 is 11.9 Å². The van der Waals surface area contributed by atoms with E-state index >= 15 is 0 Å². The number of fused-ring (bicyclic) bond motifs is 2. The average molecular weight is 379 g/mol. The van der Waals surface area contributed by atoms with E-state index in [9.17, 15) is 9.59 Å². The quantitative estimate of drug-likeness (QED) is 0.745. The lowest BCUT2D eigenvalue weighted by Crippen LogP contribution is -2.54. The molecule has 2 saturated heterocycles. The third-order valence-corrected chi connectivity index (χ3v) is 5.96. The number of nitrogens with zero attached hydrogens (tertiary/aromatic N) is 1. The molecule has 2 heterocycles. The molecule has 2 bridgehead atoms. The van der Waals surface area contributed by atoms with Gasteiger partial charge in [-0.15, -0.1) is 0 Å². The van der Waals surface area contributed by atoms with E-state index < -0.39 is 12.0 Å². The Kier molecular flexibility index (Phi) is 5.44. The molecule has 0 amide bonds. The molecule has 0 aliphatic carbocycles. The Morgan fingerprint density at radius 2 is 1.68 bits per heavy atom. The first-order valence-corrected chi connectivity index (χ1v) is 9.81. The number of ether oxygens (including phenoxy) is 2. The smallest absolute Gasteiger partial charge is 0.338 e. The van der Waals surface area contributed by atoms with Gasteiger partial charge in [-0.3, -0.25) is 9.69 Å². The molecule has 0 radical (unpaired) electrons. The van der Waals surface area contributed by atoms with E-state index in [1.807, 2.05) is 24.3 Å². The lowest BCUT2D eigenvalue weighted by molar-refractivity contribution is -0.157. The Labute approximate surface area is 165 Å². The molecule has 0 aromatic heterocycles. The fraction of sp³-hybridized carbons (Fsp3) is 0.391. The molecule has 28 heavy (non-hydrogen) atoms. The van der Waals surface area contributed by atoms with Crippen molar-refractivity contribution in [3.8, 4) is 0 Å². The fourth-order valence-electron chi connectivity index (χ4n) is 4.65. The van der Waals surface area contributed by atoms with Gasteiger partial charge in [0.25, 0.3) is 0 Å². The van der Waals surface area contributed by atoms with Crippen molar-refractivity contribution in [2.24, 2.45) is 5.92 Å². The van der Waals surface area contributed by atoms with Gasteiger partial charge in [-0.1, -0.05) is 48.5 Å². The van der Waals surface area contributed by atoms with Gasteiger partial charge < -0.3 is 9.47 Å². The summed E-state index contributed by atoms with van der Waals surface area (Å²) in [5.41, 5.74) is 1.73. The van der Waals surface area contributed by atoms with Crippen LogP contribution in [0, 0.1) is 5.92 Å². The maximum Gasteiger partial charge on any atom is 0.338 e. The van der Waals surface area contributed by atoms with E-state index in [4.69, 9.17) is 9.47 Å². The Morgan fingerprint density at radius 1 is 1.00 bits per heavy atom. The van der Waals surface area contributed by atoms with Crippen molar-refractivity contribution in [1.82, 2.24) is 4.90 Å². The number of benzene rings is 2. The predicted octanol–water partition coefficient (Wildman–Crippen LogP) is 3.44. The van der Waals surface area contributed by atoms with Crippen LogP contribution < -0.4 is 0 Å². The number of carbonyl (C=O) groups excluding carboxylic acids is 2. The molecule has 146 valence electrons. The molecule has 2 aliphatic rings. The summed E-state index contributed by atoms with van der Waals surface area (Å²) >= 11 is 0. The van der Waals surface area contributed by atoms with Gasteiger partial charge in [-0.2, -0.15) is 0 Å². The summed E-state index contributed by atoms with van der Waals surface area (Å²) in [6.07, 6.45) is 2.12. The van der Waals surface area contributed by atoms with E-state index in [0.717, 1.165) is 19.4 Å². The van der Waals surface area contributed by atoms with Crippen LogP contribution in [0.2, 0.25) is 0 Å². The summed E-state index contributed by atoms with van der Waals surface area (Å²) in [6.45, 7) is 0.795. The lowest BCUT2D eigenvalue weighted by atomic mass is 9.86. The lowest BCUT2D eigenvalue weighted by Gasteiger charge is -2.42. The van der Waals surface area contributed by atoms with Crippen LogP contribution in [0.3, 0.4) is 0 Å². The van der Waals surface area contributed by atoms with Crippen molar-refractivity contribution in [1.29, 1.82) is 0 Å². The second-order valence-electron chi connectivity index (χ2n) is 7.55. The van der Waals surface area contributed by atoms with Gasteiger partial charge >= 0.3 is 11.9 Å². The van der Waals surface area contributed by atoms with Gasteiger partial charge in [0.15, 0.2) is 0 Å². The summed E-state index contributed by atoms with van der Waals surface area (Å²) < 4.78 is 10.9. The molecule has 2 fully saturated rings. The van der Waals surface area contributed by atoms with Crippen molar-refractivity contribution in [3.63, 3.8) is 0 Å². The molecule has 0 saturated carbocycles. The number of hydrogen-bond donors (Lipinski definition) is 0. The topological polar surface area (TPSA) is 55.8 Å². The van der Waals surface area contributed by atoms with Gasteiger partial charge in [0.2, 0.25) is 0 Å². The fourth-order valence-corrected chi connectivity index (χ4v) is 4.65. The van der Waals surface area contributed by atoms with E-state index in [2.05, 4.69) is 17.0 Å². The summed E-state index contributed by atoms with van der Waals surface area (Å²) in [5, 5.41) is 0. The van der Waals surface area contributed by atoms with E-state index in [0.29, 0.717) is 18.0 Å². The first-order chi connectivity index (χ1) is 13.7. The summed E-state index contributed by atoms with van der Waals surface area (Å²) in [7, 11) is 1.40. The van der Waals surface area contributed by atoms with Crippen molar-refractivity contribution in [2.45, 2.75) is 44.0 Å². The van der Waals surface area contributed by atoms with Gasteiger partial charge in [0, 0.05) is 25.0 Å². The second kappa shape index (κ2) is 8.15. The molecule has 4 atom stereocenters. The zero-order valence-electron chi connectivity index (χ0n) is 16.0. The standard InChI is InChI=1S/C23H25NO4/c1-27-23(26)21-19-13-12-18(24(19)15-16-8-4-2-5-9-16)14-20(21)28-22(25)17-10-6-3-7-11-17/h2-11,18-21H,12-15H2,1H3/t18-,19?,20?,21?/m1/s1. The molecule has 0 spiro atoms. The van der Waals surface area contributed by atoms with E-state index in [-0.39, 0.29) is 18.0 Å². The number of carbonyl (C=O) groups is 2. The minimum atomic E-state index is -0.458. The molecule has 2 aliphatic heterocycles. The van der Waals surface area contributed by atoms with Gasteiger partial charge in [-0.25, -0.2) is 4.79 Å². The summed E-state index contributed by atoms with van der Waals surface area (Å²) in [5.74, 6) is -1.13. The highest BCUT2D eigenvalue weighted by Crippen LogP contribution is 2.42. The largest absolute Gasteiger partial charge is 0.469 e. The molecule has 5 heteroatoms. The third-order valence-electron chi connectivity index (χ3n) is 5.96. The molecular weight excluding hydrogens is 354 g/mol. The van der Waals surface area contributed by atoms with Crippen LogP contribution in [-0.2, 0) is 20.8 Å². The minimum Gasteiger partial charge on any atom is -0.469 e. The van der Waals surface area contributed by atoms with Crippen LogP contribution in [-0.4, -0.2) is 42.1 Å². The molecular formula is C23H25NO4. The highest BCUT2D eigenvalue weighted by molar-refractivity contribution is 5.89. The maximum absolute atomic E-state index is 12.6. The SMILES string of the molecule is COC(=O)C1C(OC(=O)c2ccccc2)C[C@H]2CCC1N2Cc1ccccc1. The highest BCUT2D eigenvalue weighted by atomic mass is 16.6. The number of rotatable bonds is 5. The van der Waals surface area contributed by atoms with Crippen LogP contribution in [0.15, 0.2) is 60.7 Å². The Bertz CT molecular complexity index is 823. The van der Waals surface area contributed by atoms with Crippen LogP contribution in [0.25, 0.3) is 0 Å². The van der Waals surface area contributed by atoms with Gasteiger partial charge in [0.1, 0.15) is 12.0 Å². The monoisotopic (exact) mass is 379 g/mol. The van der Waals surface area contributed by atoms with Crippen molar-refractivity contribution in [2.75, 3.05) is 7.11 Å². The average Bonchev–Trinajstić information content (AvgIpc) is 3.00. The number of piperidine rings is 1. The maximum atomic E-state index is 12.6. The molecule has 3 unspecified atom stereocenters. The minimum absolute atomic E-state index is 0.0278. The Balaban J connectivity index is 1.54. The summed E-state index contributed by atoms with van der Waals surface area (Å²) in [6, 6.07) is 19.5. The second-order valence-corrected chi connectivity index (χ2v) is 7.55. The zero-order valence-corrected chi connectivity index (χ0v) is 16.0. The van der Waals surface area contributed by atoms with E-state index in [1.54, 1.807) is 24.3 Å². The first-order valence-electron chi connectivity index (χ1n) is 9.81. The van der Waals surface area contributed by atoms with Gasteiger partial charge in [0.05, 0.1) is 12.7 Å². The normalized spacial score (nSPS) is 26.6. The van der Waals surface area contributed by atoms with Crippen molar-refractivity contribution in [3.05, 3.63) is 71.8 Å². The predicted molar refractivity (Wildman–Crippen MR) is 105 cm³/mol. The molecule has 2 aromatic carbocycles. The van der Waals surface area contributed by atoms with Crippen LogP contribution in [0.5, 0.6) is 0 Å². The Morgan fingerprint density at radius 3 is 2.36 bits per heavy atom. The molecule has 2 aromatic rings. The summed E-state index contributed by atoms with van der Waals surface area (Å²) in [4.78, 5) is 27.6. The van der Waals surface area contributed by atoms with Crippen LogP contribution in [0.4, 0.5) is 0 Å². The third kappa shape index (κ3) is 3.67.